The van der Waals surface area contributed by atoms with E-state index in [1.165, 1.54) is 12.1 Å². The molecule has 0 unspecified atom stereocenters. The SMILES string of the molecule is Cc1ccc(Cn2c(C(=O)O)c(CNCc3cccc(F)c3)c3ccccc32)cc1. The molecule has 0 fully saturated rings. The van der Waals surface area contributed by atoms with Gasteiger partial charge in [-0.05, 0) is 36.2 Å². The summed E-state index contributed by atoms with van der Waals surface area (Å²) < 4.78 is 15.3. The van der Waals surface area contributed by atoms with E-state index >= 15 is 0 Å². The lowest BCUT2D eigenvalue weighted by Gasteiger charge is -2.10. The number of aromatic nitrogens is 1. The summed E-state index contributed by atoms with van der Waals surface area (Å²) in [5, 5.41) is 14.2. The summed E-state index contributed by atoms with van der Waals surface area (Å²) in [6.45, 7) is 3.33. The van der Waals surface area contributed by atoms with Gasteiger partial charge in [0.1, 0.15) is 11.5 Å². The minimum atomic E-state index is -0.958. The van der Waals surface area contributed by atoms with Crippen molar-refractivity contribution in [3.63, 3.8) is 0 Å². The predicted molar refractivity (Wildman–Crippen MR) is 116 cm³/mol. The Morgan fingerprint density at radius 2 is 1.73 bits per heavy atom. The second-order valence-electron chi connectivity index (χ2n) is 7.45. The van der Waals surface area contributed by atoms with E-state index in [0.717, 1.165) is 33.2 Å². The summed E-state index contributed by atoms with van der Waals surface area (Å²) in [5.41, 5.74) is 4.93. The molecule has 1 heterocycles. The number of fused-ring (bicyclic) bond motifs is 1. The number of nitrogens with zero attached hydrogens (tertiary/aromatic N) is 1. The third kappa shape index (κ3) is 4.11. The zero-order valence-corrected chi connectivity index (χ0v) is 16.7. The van der Waals surface area contributed by atoms with Crippen LogP contribution in [0.15, 0.2) is 72.8 Å². The van der Waals surface area contributed by atoms with Crippen LogP contribution in [0.2, 0.25) is 0 Å². The van der Waals surface area contributed by atoms with Crippen LogP contribution in [-0.4, -0.2) is 15.6 Å². The van der Waals surface area contributed by atoms with E-state index in [9.17, 15) is 14.3 Å². The highest BCUT2D eigenvalue weighted by atomic mass is 19.1. The number of aromatic carboxylic acids is 1. The molecule has 2 N–H and O–H groups in total. The molecule has 152 valence electrons. The van der Waals surface area contributed by atoms with Gasteiger partial charge in [-0.1, -0.05) is 60.2 Å². The summed E-state index contributed by atoms with van der Waals surface area (Å²) in [5.74, 6) is -1.24. The lowest BCUT2D eigenvalue weighted by atomic mass is 10.1. The van der Waals surface area contributed by atoms with Crippen LogP contribution in [0, 0.1) is 12.7 Å². The first kappa shape index (κ1) is 19.9. The molecule has 0 aliphatic carbocycles. The number of benzene rings is 3. The number of carboxylic acid groups (broad SMARTS) is 1. The van der Waals surface area contributed by atoms with E-state index < -0.39 is 5.97 Å². The van der Waals surface area contributed by atoms with E-state index in [1.807, 2.05) is 66.1 Å². The molecule has 4 rings (SSSR count). The van der Waals surface area contributed by atoms with Gasteiger partial charge in [-0.2, -0.15) is 0 Å². The van der Waals surface area contributed by atoms with Gasteiger partial charge in [-0.15, -0.1) is 0 Å². The van der Waals surface area contributed by atoms with Gasteiger partial charge >= 0.3 is 5.97 Å². The Kier molecular flexibility index (Phi) is 5.63. The summed E-state index contributed by atoms with van der Waals surface area (Å²) in [4.78, 5) is 12.2. The first-order valence-corrected chi connectivity index (χ1v) is 9.87. The van der Waals surface area contributed by atoms with Crippen molar-refractivity contribution < 1.29 is 14.3 Å². The summed E-state index contributed by atoms with van der Waals surface area (Å²) in [7, 11) is 0. The van der Waals surface area contributed by atoms with Gasteiger partial charge in [0.05, 0.1) is 0 Å². The number of aryl methyl sites for hydroxylation is 1. The third-order valence-electron chi connectivity index (χ3n) is 5.26. The number of rotatable bonds is 7. The van der Waals surface area contributed by atoms with E-state index in [4.69, 9.17) is 0 Å². The maximum Gasteiger partial charge on any atom is 0.352 e. The van der Waals surface area contributed by atoms with Crippen LogP contribution in [-0.2, 0) is 19.6 Å². The maximum absolute atomic E-state index is 13.4. The number of carbonyl (C=O) groups is 1. The fourth-order valence-corrected chi connectivity index (χ4v) is 3.82. The highest BCUT2D eigenvalue weighted by Gasteiger charge is 2.22. The zero-order chi connectivity index (χ0) is 21.1. The van der Waals surface area contributed by atoms with Crippen LogP contribution >= 0.6 is 0 Å². The molecule has 0 saturated carbocycles. The van der Waals surface area contributed by atoms with E-state index in [-0.39, 0.29) is 11.5 Å². The first-order valence-electron chi connectivity index (χ1n) is 9.87. The lowest BCUT2D eigenvalue weighted by molar-refractivity contribution is 0.0684. The van der Waals surface area contributed by atoms with Crippen molar-refractivity contribution in [2.45, 2.75) is 26.6 Å². The minimum absolute atomic E-state index is 0.281. The Hall–Kier alpha value is -3.44. The average molecular weight is 402 g/mol. The van der Waals surface area contributed by atoms with Gasteiger partial charge in [-0.3, -0.25) is 0 Å². The van der Waals surface area contributed by atoms with Gasteiger partial charge in [0.15, 0.2) is 0 Å². The molecule has 0 radical (unpaired) electrons. The van der Waals surface area contributed by atoms with E-state index in [0.29, 0.717) is 19.6 Å². The fourth-order valence-electron chi connectivity index (χ4n) is 3.82. The summed E-state index contributed by atoms with van der Waals surface area (Å²) >= 11 is 0. The molecule has 0 spiro atoms. The maximum atomic E-state index is 13.4. The van der Waals surface area contributed by atoms with Crippen molar-refractivity contribution in [1.29, 1.82) is 0 Å². The molecule has 0 aliphatic rings. The zero-order valence-electron chi connectivity index (χ0n) is 16.7. The lowest BCUT2D eigenvalue weighted by Crippen LogP contribution is -2.17. The Morgan fingerprint density at radius 1 is 0.967 bits per heavy atom. The van der Waals surface area contributed by atoms with Crippen molar-refractivity contribution >= 4 is 16.9 Å². The topological polar surface area (TPSA) is 54.3 Å². The smallest absolute Gasteiger partial charge is 0.352 e. The average Bonchev–Trinajstić information content (AvgIpc) is 3.04. The van der Waals surface area contributed by atoms with Crippen molar-refractivity contribution in [3.8, 4) is 0 Å². The van der Waals surface area contributed by atoms with E-state index in [1.54, 1.807) is 6.07 Å². The number of hydrogen-bond donors (Lipinski definition) is 2. The Labute approximate surface area is 174 Å². The Bertz CT molecular complexity index is 1200. The molecule has 0 amide bonds. The van der Waals surface area contributed by atoms with Gasteiger partial charge in [-0.25, -0.2) is 9.18 Å². The molecular weight excluding hydrogens is 379 g/mol. The third-order valence-corrected chi connectivity index (χ3v) is 5.26. The molecule has 4 aromatic rings. The molecule has 0 atom stereocenters. The minimum Gasteiger partial charge on any atom is -0.477 e. The molecule has 1 aromatic heterocycles. The van der Waals surface area contributed by atoms with Crippen molar-refractivity contribution in [3.05, 3.63) is 107 Å². The molecule has 0 bridgehead atoms. The van der Waals surface area contributed by atoms with Crippen LogP contribution in [0.4, 0.5) is 4.39 Å². The monoisotopic (exact) mass is 402 g/mol. The fraction of sp³-hybridized carbons (Fsp3) is 0.160. The predicted octanol–water partition coefficient (Wildman–Crippen LogP) is 5.13. The molecular formula is C25H23FN2O2. The first-order chi connectivity index (χ1) is 14.5. The van der Waals surface area contributed by atoms with E-state index in [2.05, 4.69) is 5.32 Å². The second kappa shape index (κ2) is 8.51. The standard InChI is InChI=1S/C25H23FN2O2/c1-17-9-11-18(12-10-17)16-28-23-8-3-2-7-21(23)22(24(28)25(29)30)15-27-14-19-5-4-6-20(26)13-19/h2-13,27H,14-16H2,1H3,(H,29,30). The van der Waals surface area contributed by atoms with Crippen LogP contribution in [0.5, 0.6) is 0 Å². The highest BCUT2D eigenvalue weighted by Crippen LogP contribution is 2.28. The quantitative estimate of drug-likeness (QED) is 0.451. The van der Waals surface area contributed by atoms with Gasteiger partial charge in [0.2, 0.25) is 0 Å². The number of para-hydroxylation sites is 1. The number of nitrogens with one attached hydrogen (secondary N) is 1. The molecule has 3 aromatic carbocycles. The number of hydrogen-bond acceptors (Lipinski definition) is 2. The molecule has 4 nitrogen and oxygen atoms in total. The largest absolute Gasteiger partial charge is 0.477 e. The van der Waals surface area contributed by atoms with Crippen LogP contribution in [0.1, 0.15) is 32.7 Å². The van der Waals surface area contributed by atoms with Crippen molar-refractivity contribution in [2.75, 3.05) is 0 Å². The van der Waals surface area contributed by atoms with Crippen LogP contribution in [0.3, 0.4) is 0 Å². The Morgan fingerprint density at radius 3 is 2.47 bits per heavy atom. The summed E-state index contributed by atoms with van der Waals surface area (Å²) in [6.07, 6.45) is 0. The van der Waals surface area contributed by atoms with Crippen LogP contribution in [0.25, 0.3) is 10.9 Å². The molecule has 30 heavy (non-hydrogen) atoms. The Balaban J connectivity index is 1.68. The van der Waals surface area contributed by atoms with Crippen molar-refractivity contribution in [1.82, 2.24) is 9.88 Å². The summed E-state index contributed by atoms with van der Waals surface area (Å²) in [6, 6.07) is 22.2. The normalized spacial score (nSPS) is 11.1. The van der Waals surface area contributed by atoms with Crippen molar-refractivity contribution in [2.24, 2.45) is 0 Å². The highest BCUT2D eigenvalue weighted by molar-refractivity contribution is 5.98. The number of halogens is 1. The van der Waals surface area contributed by atoms with Gasteiger partial charge < -0.3 is 15.0 Å². The number of carboxylic acids is 1. The van der Waals surface area contributed by atoms with Gasteiger partial charge in [0, 0.05) is 36.1 Å². The van der Waals surface area contributed by atoms with Crippen LogP contribution < -0.4 is 5.32 Å². The molecule has 5 heteroatoms. The molecule has 0 saturated heterocycles. The van der Waals surface area contributed by atoms with Gasteiger partial charge in [0.25, 0.3) is 0 Å². The second-order valence-corrected chi connectivity index (χ2v) is 7.45. The molecule has 0 aliphatic heterocycles.